The maximum absolute atomic E-state index is 13.7. The first kappa shape index (κ1) is 13.3. The fourth-order valence-electron chi connectivity index (χ4n) is 2.38. The van der Waals surface area contributed by atoms with Crippen LogP contribution in [0.15, 0.2) is 18.2 Å². The van der Waals surface area contributed by atoms with E-state index in [1.807, 2.05) is 7.05 Å². The van der Waals surface area contributed by atoms with E-state index in [2.05, 4.69) is 4.90 Å². The molecule has 0 radical (unpaired) electrons. The molecule has 1 aliphatic heterocycles. The molecule has 18 heavy (non-hydrogen) atoms. The molecule has 1 atom stereocenters. The lowest BCUT2D eigenvalue weighted by atomic mass is 10.1. The van der Waals surface area contributed by atoms with E-state index in [9.17, 15) is 4.39 Å². The molecular formula is C14H21FN2O. The Labute approximate surface area is 108 Å². The highest BCUT2D eigenvalue weighted by Crippen LogP contribution is 2.19. The summed E-state index contributed by atoms with van der Waals surface area (Å²) in [4.78, 5) is 2.07. The van der Waals surface area contributed by atoms with Gasteiger partial charge in [-0.15, -0.1) is 0 Å². The molecular weight excluding hydrogens is 231 g/mol. The van der Waals surface area contributed by atoms with Crippen molar-refractivity contribution in [3.05, 3.63) is 29.6 Å². The summed E-state index contributed by atoms with van der Waals surface area (Å²) >= 11 is 0. The molecule has 1 aromatic carbocycles. The van der Waals surface area contributed by atoms with Crippen molar-refractivity contribution in [2.24, 2.45) is 0 Å². The van der Waals surface area contributed by atoms with Gasteiger partial charge in [0.25, 0.3) is 0 Å². The van der Waals surface area contributed by atoms with Gasteiger partial charge in [-0.2, -0.15) is 0 Å². The summed E-state index contributed by atoms with van der Waals surface area (Å²) in [5, 5.41) is 0. The second-order valence-electron chi connectivity index (χ2n) is 4.99. The summed E-state index contributed by atoms with van der Waals surface area (Å²) in [6.07, 6.45) is 3.74. The lowest BCUT2D eigenvalue weighted by Gasteiger charge is -2.27. The van der Waals surface area contributed by atoms with E-state index in [0.717, 1.165) is 26.0 Å². The van der Waals surface area contributed by atoms with E-state index < -0.39 is 0 Å². The lowest BCUT2D eigenvalue weighted by Crippen LogP contribution is -2.33. The van der Waals surface area contributed by atoms with Crippen LogP contribution in [0.4, 0.5) is 10.1 Å². The Morgan fingerprint density at radius 3 is 2.94 bits per heavy atom. The van der Waals surface area contributed by atoms with Crippen LogP contribution in [0.1, 0.15) is 24.8 Å². The molecule has 0 amide bonds. The van der Waals surface area contributed by atoms with Crippen LogP contribution in [-0.2, 0) is 11.3 Å². The number of rotatable bonds is 4. The smallest absolute Gasteiger partial charge is 0.129 e. The van der Waals surface area contributed by atoms with Crippen molar-refractivity contribution < 1.29 is 9.13 Å². The van der Waals surface area contributed by atoms with Crippen LogP contribution in [-0.4, -0.2) is 31.2 Å². The predicted molar refractivity (Wildman–Crippen MR) is 70.7 cm³/mol. The molecule has 0 saturated carbocycles. The van der Waals surface area contributed by atoms with Gasteiger partial charge in [0.15, 0.2) is 0 Å². The minimum atomic E-state index is -0.230. The summed E-state index contributed by atoms with van der Waals surface area (Å²) in [6, 6.07) is 4.83. The van der Waals surface area contributed by atoms with Crippen LogP contribution in [0.3, 0.4) is 0 Å². The van der Waals surface area contributed by atoms with Crippen molar-refractivity contribution in [2.75, 3.05) is 25.9 Å². The fraction of sp³-hybridized carbons (Fsp3) is 0.571. The predicted octanol–water partition coefficient (Wildman–Crippen LogP) is 2.41. The molecule has 0 aromatic heterocycles. The normalized spacial score (nSPS) is 20.3. The van der Waals surface area contributed by atoms with Gasteiger partial charge in [0, 0.05) is 30.9 Å². The topological polar surface area (TPSA) is 38.5 Å². The number of halogens is 1. The molecule has 1 unspecified atom stereocenters. The number of ether oxygens (including phenoxy) is 1. The van der Waals surface area contributed by atoms with Crippen LogP contribution >= 0.6 is 0 Å². The van der Waals surface area contributed by atoms with E-state index >= 15 is 0 Å². The monoisotopic (exact) mass is 252 g/mol. The number of benzene rings is 1. The zero-order valence-corrected chi connectivity index (χ0v) is 10.9. The van der Waals surface area contributed by atoms with Crippen molar-refractivity contribution in [1.29, 1.82) is 0 Å². The van der Waals surface area contributed by atoms with Gasteiger partial charge in [-0.25, -0.2) is 4.39 Å². The standard InChI is InChI=1S/C14H21FN2O/c1-17(9-11-5-2-3-8-18-11)10-12-13(15)6-4-7-14(12)16/h4,6-7,11H,2-3,5,8-10,16H2,1H3. The molecule has 0 spiro atoms. The average molecular weight is 252 g/mol. The second-order valence-corrected chi connectivity index (χ2v) is 4.99. The van der Waals surface area contributed by atoms with E-state index in [1.54, 1.807) is 12.1 Å². The van der Waals surface area contributed by atoms with Gasteiger partial charge in [-0.05, 0) is 38.4 Å². The number of likely N-dealkylation sites (N-methyl/N-ethyl adjacent to an activating group) is 1. The van der Waals surface area contributed by atoms with Gasteiger partial charge < -0.3 is 10.5 Å². The molecule has 4 heteroatoms. The van der Waals surface area contributed by atoms with Crippen LogP contribution in [0.5, 0.6) is 0 Å². The number of nitrogens with two attached hydrogens (primary N) is 1. The molecule has 3 nitrogen and oxygen atoms in total. The quantitative estimate of drug-likeness (QED) is 0.836. The first-order valence-electron chi connectivity index (χ1n) is 6.50. The number of hydrogen-bond acceptors (Lipinski definition) is 3. The Bertz CT molecular complexity index is 371. The zero-order chi connectivity index (χ0) is 13.0. The van der Waals surface area contributed by atoms with Crippen LogP contribution in [0, 0.1) is 5.82 Å². The molecule has 1 aliphatic rings. The highest BCUT2D eigenvalue weighted by atomic mass is 19.1. The summed E-state index contributed by atoms with van der Waals surface area (Å²) in [7, 11) is 1.98. The molecule has 2 N–H and O–H groups in total. The van der Waals surface area contributed by atoms with Crippen molar-refractivity contribution in [3.8, 4) is 0 Å². The van der Waals surface area contributed by atoms with Gasteiger partial charge in [0.2, 0.25) is 0 Å². The van der Waals surface area contributed by atoms with E-state index in [1.165, 1.54) is 12.5 Å². The zero-order valence-electron chi connectivity index (χ0n) is 10.9. The Morgan fingerprint density at radius 2 is 2.28 bits per heavy atom. The Hall–Kier alpha value is -1.13. The molecule has 1 saturated heterocycles. The summed E-state index contributed by atoms with van der Waals surface area (Å²) < 4.78 is 19.3. The van der Waals surface area contributed by atoms with Crippen molar-refractivity contribution in [3.63, 3.8) is 0 Å². The van der Waals surface area contributed by atoms with E-state index in [-0.39, 0.29) is 11.9 Å². The molecule has 1 fully saturated rings. The highest BCUT2D eigenvalue weighted by molar-refractivity contribution is 5.47. The van der Waals surface area contributed by atoms with Crippen molar-refractivity contribution >= 4 is 5.69 Å². The van der Waals surface area contributed by atoms with Crippen molar-refractivity contribution in [2.45, 2.75) is 31.9 Å². The van der Waals surface area contributed by atoms with Gasteiger partial charge in [0.05, 0.1) is 6.10 Å². The molecule has 1 heterocycles. The second kappa shape index (κ2) is 6.16. The molecule has 0 bridgehead atoms. The van der Waals surface area contributed by atoms with Crippen molar-refractivity contribution in [1.82, 2.24) is 4.90 Å². The van der Waals surface area contributed by atoms with Gasteiger partial charge in [-0.1, -0.05) is 6.07 Å². The fourth-order valence-corrected chi connectivity index (χ4v) is 2.38. The summed E-state index contributed by atoms with van der Waals surface area (Å²) in [5.41, 5.74) is 6.90. The summed E-state index contributed by atoms with van der Waals surface area (Å²) in [6.45, 7) is 2.20. The van der Waals surface area contributed by atoms with Crippen LogP contribution in [0.2, 0.25) is 0 Å². The first-order chi connectivity index (χ1) is 8.66. The molecule has 2 rings (SSSR count). The van der Waals surface area contributed by atoms with Gasteiger partial charge >= 0.3 is 0 Å². The minimum absolute atomic E-state index is 0.230. The minimum Gasteiger partial charge on any atom is -0.398 e. The Kier molecular flexibility index (Phi) is 4.55. The number of nitrogens with zero attached hydrogens (tertiary/aromatic N) is 1. The van der Waals surface area contributed by atoms with Crippen LogP contribution < -0.4 is 5.73 Å². The SMILES string of the molecule is CN(Cc1c(N)cccc1F)CC1CCCCO1. The molecule has 100 valence electrons. The number of nitrogen functional groups attached to an aromatic ring is 1. The Morgan fingerprint density at radius 1 is 1.44 bits per heavy atom. The molecule has 0 aliphatic carbocycles. The third kappa shape index (κ3) is 3.43. The maximum Gasteiger partial charge on any atom is 0.129 e. The highest BCUT2D eigenvalue weighted by Gasteiger charge is 2.17. The number of anilines is 1. The largest absolute Gasteiger partial charge is 0.398 e. The van der Waals surface area contributed by atoms with E-state index in [0.29, 0.717) is 17.8 Å². The van der Waals surface area contributed by atoms with Crippen LogP contribution in [0.25, 0.3) is 0 Å². The maximum atomic E-state index is 13.7. The first-order valence-corrected chi connectivity index (χ1v) is 6.50. The lowest BCUT2D eigenvalue weighted by molar-refractivity contribution is -0.00269. The third-order valence-electron chi connectivity index (χ3n) is 3.37. The average Bonchev–Trinajstić information content (AvgIpc) is 2.35. The number of hydrogen-bond donors (Lipinski definition) is 1. The molecule has 1 aromatic rings. The van der Waals surface area contributed by atoms with E-state index in [4.69, 9.17) is 10.5 Å². The van der Waals surface area contributed by atoms with Gasteiger partial charge in [-0.3, -0.25) is 4.90 Å². The summed E-state index contributed by atoms with van der Waals surface area (Å²) in [5.74, 6) is -0.230. The van der Waals surface area contributed by atoms with Gasteiger partial charge in [0.1, 0.15) is 5.82 Å². The Balaban J connectivity index is 1.92. The third-order valence-corrected chi connectivity index (χ3v) is 3.37.